The number of carbonyl (C=O) groups is 1. The number of ether oxygens (including phenoxy) is 1. The maximum atomic E-state index is 12.2. The number of hydrogen-bond donors (Lipinski definition) is 3. The van der Waals surface area contributed by atoms with Crippen molar-refractivity contribution in [3.63, 3.8) is 0 Å². The van der Waals surface area contributed by atoms with Gasteiger partial charge in [-0.3, -0.25) is 4.79 Å². The number of phenols is 1. The van der Waals surface area contributed by atoms with Crippen molar-refractivity contribution >= 4 is 45.6 Å². The maximum Gasteiger partial charge on any atom is 0.264 e. The van der Waals surface area contributed by atoms with Gasteiger partial charge in [0.15, 0.2) is 17.3 Å². The van der Waals surface area contributed by atoms with E-state index >= 15 is 0 Å². The van der Waals surface area contributed by atoms with Gasteiger partial charge in [-0.15, -0.1) is 10.2 Å². The molecule has 0 aliphatic rings. The van der Waals surface area contributed by atoms with Crippen LogP contribution in [0.3, 0.4) is 0 Å². The summed E-state index contributed by atoms with van der Waals surface area (Å²) in [4.78, 5) is 12.2. The minimum Gasteiger partial charge on any atom is -0.504 e. The average molecular weight is 477 g/mol. The molecule has 0 amide bonds. The predicted molar refractivity (Wildman–Crippen MR) is 115 cm³/mol. The van der Waals surface area contributed by atoms with E-state index in [2.05, 4.69) is 36.7 Å². The Balaban J connectivity index is 1.58. The standard InChI is InChI=1S/C18H17BrN6O3S/c1-28-16-7-2-11(8-14(16)26)9-21-22-17-23-24-18(25(17)20)29-10-15(27)12-3-5-13(19)6-4-12/h2-9,26H,10,20H2,1H3,(H,22,23)/b21-9+. The van der Waals surface area contributed by atoms with Gasteiger partial charge in [-0.1, -0.05) is 39.8 Å². The number of nitrogens with one attached hydrogen (secondary N) is 1. The Morgan fingerprint density at radius 3 is 2.79 bits per heavy atom. The lowest BCUT2D eigenvalue weighted by Gasteiger charge is -2.04. The maximum absolute atomic E-state index is 12.2. The summed E-state index contributed by atoms with van der Waals surface area (Å²) in [5.41, 5.74) is 3.93. The highest BCUT2D eigenvalue weighted by Crippen LogP contribution is 2.25. The number of methoxy groups -OCH3 is 1. The molecule has 0 aliphatic heterocycles. The summed E-state index contributed by atoms with van der Waals surface area (Å²) in [5.74, 6) is 6.66. The van der Waals surface area contributed by atoms with Crippen LogP contribution in [0.2, 0.25) is 0 Å². The molecule has 0 unspecified atom stereocenters. The molecule has 0 spiro atoms. The molecule has 4 N–H and O–H groups in total. The molecule has 1 heterocycles. The zero-order valence-electron chi connectivity index (χ0n) is 15.2. The molecule has 0 radical (unpaired) electrons. The van der Waals surface area contributed by atoms with E-state index in [9.17, 15) is 9.90 Å². The lowest BCUT2D eigenvalue weighted by Crippen LogP contribution is -2.14. The molecule has 150 valence electrons. The van der Waals surface area contributed by atoms with E-state index in [1.165, 1.54) is 35.8 Å². The Morgan fingerprint density at radius 1 is 1.34 bits per heavy atom. The summed E-state index contributed by atoms with van der Waals surface area (Å²) < 4.78 is 7.11. The second kappa shape index (κ2) is 9.43. The molecular formula is C18H17BrN6O3S. The SMILES string of the molecule is COc1ccc(/C=N/Nc2nnc(SCC(=O)c3ccc(Br)cc3)n2N)cc1O. The molecule has 29 heavy (non-hydrogen) atoms. The Morgan fingerprint density at radius 2 is 2.10 bits per heavy atom. The third kappa shape index (κ3) is 5.27. The van der Waals surface area contributed by atoms with Gasteiger partial charge in [0, 0.05) is 10.0 Å². The van der Waals surface area contributed by atoms with Crippen LogP contribution < -0.4 is 16.0 Å². The summed E-state index contributed by atoms with van der Waals surface area (Å²) >= 11 is 4.51. The number of phenolic OH excluding ortho intramolecular Hbond substituents is 1. The first kappa shape index (κ1) is 20.7. The molecule has 3 rings (SSSR count). The number of anilines is 1. The number of aromatic nitrogens is 3. The predicted octanol–water partition coefficient (Wildman–Crippen LogP) is 2.89. The second-order valence-electron chi connectivity index (χ2n) is 5.70. The smallest absolute Gasteiger partial charge is 0.264 e. The molecule has 2 aromatic carbocycles. The van der Waals surface area contributed by atoms with Crippen molar-refractivity contribution in [3.8, 4) is 11.5 Å². The number of hydrogen-bond acceptors (Lipinski definition) is 9. The summed E-state index contributed by atoms with van der Waals surface area (Å²) in [7, 11) is 1.47. The van der Waals surface area contributed by atoms with E-state index in [1.54, 1.807) is 24.3 Å². The summed E-state index contributed by atoms with van der Waals surface area (Å²) in [5, 5.41) is 22.0. The molecule has 0 aliphatic carbocycles. The number of aromatic hydroxyl groups is 1. The fourth-order valence-corrected chi connectivity index (χ4v) is 3.27. The number of carbonyl (C=O) groups excluding carboxylic acids is 1. The molecule has 3 aromatic rings. The Bertz CT molecular complexity index is 1040. The number of rotatable bonds is 8. The van der Waals surface area contributed by atoms with Gasteiger partial charge >= 0.3 is 0 Å². The van der Waals surface area contributed by atoms with Crippen molar-refractivity contribution in [2.45, 2.75) is 5.16 Å². The van der Waals surface area contributed by atoms with E-state index in [0.717, 1.165) is 4.47 Å². The van der Waals surface area contributed by atoms with Crippen molar-refractivity contribution in [3.05, 3.63) is 58.1 Å². The van der Waals surface area contributed by atoms with Crippen LogP contribution in [0.5, 0.6) is 11.5 Å². The van der Waals surface area contributed by atoms with E-state index in [1.807, 2.05) is 12.1 Å². The monoisotopic (exact) mass is 476 g/mol. The van der Waals surface area contributed by atoms with Crippen molar-refractivity contribution in [1.82, 2.24) is 14.9 Å². The van der Waals surface area contributed by atoms with Gasteiger partial charge < -0.3 is 15.7 Å². The quantitative estimate of drug-likeness (QED) is 0.149. The topological polar surface area (TPSA) is 128 Å². The molecule has 0 saturated heterocycles. The summed E-state index contributed by atoms with van der Waals surface area (Å²) in [6.07, 6.45) is 1.48. The first-order valence-electron chi connectivity index (χ1n) is 8.26. The molecule has 0 atom stereocenters. The number of nitrogen functional groups attached to an aromatic ring is 1. The number of benzene rings is 2. The van der Waals surface area contributed by atoms with Crippen molar-refractivity contribution in [1.29, 1.82) is 0 Å². The second-order valence-corrected chi connectivity index (χ2v) is 7.55. The van der Waals surface area contributed by atoms with Crippen molar-refractivity contribution in [2.75, 3.05) is 24.1 Å². The van der Waals surface area contributed by atoms with Crippen LogP contribution in [0.15, 0.2) is 57.2 Å². The highest BCUT2D eigenvalue weighted by Gasteiger charge is 2.13. The summed E-state index contributed by atoms with van der Waals surface area (Å²) in [6.45, 7) is 0. The minimum absolute atomic E-state index is 0.00701. The van der Waals surface area contributed by atoms with Crippen LogP contribution in [-0.4, -0.2) is 44.8 Å². The van der Waals surface area contributed by atoms with E-state index in [4.69, 9.17) is 10.6 Å². The van der Waals surface area contributed by atoms with Crippen LogP contribution >= 0.6 is 27.7 Å². The highest BCUT2D eigenvalue weighted by atomic mass is 79.9. The van der Waals surface area contributed by atoms with Crippen LogP contribution in [0.4, 0.5) is 5.95 Å². The van der Waals surface area contributed by atoms with Crippen LogP contribution in [0.1, 0.15) is 15.9 Å². The zero-order valence-corrected chi connectivity index (χ0v) is 17.6. The van der Waals surface area contributed by atoms with Crippen molar-refractivity contribution < 1.29 is 14.6 Å². The zero-order chi connectivity index (χ0) is 20.8. The fraction of sp³-hybridized carbons (Fsp3) is 0.111. The molecule has 0 bridgehead atoms. The number of thioether (sulfide) groups is 1. The van der Waals surface area contributed by atoms with Gasteiger partial charge in [-0.25, -0.2) is 10.1 Å². The minimum atomic E-state index is -0.0441. The molecule has 9 nitrogen and oxygen atoms in total. The first-order valence-corrected chi connectivity index (χ1v) is 10.0. The third-order valence-corrected chi connectivity index (χ3v) is 5.22. The summed E-state index contributed by atoms with van der Waals surface area (Å²) in [6, 6.07) is 12.0. The molecule has 0 fully saturated rings. The number of hydrazone groups is 1. The van der Waals surface area contributed by atoms with E-state index in [-0.39, 0.29) is 23.2 Å². The van der Waals surface area contributed by atoms with Crippen LogP contribution in [0, 0.1) is 0 Å². The van der Waals surface area contributed by atoms with Crippen LogP contribution in [-0.2, 0) is 0 Å². The van der Waals surface area contributed by atoms with Gasteiger partial charge in [0.1, 0.15) is 0 Å². The number of nitrogens with two attached hydrogens (primary N) is 1. The molecule has 11 heteroatoms. The highest BCUT2D eigenvalue weighted by molar-refractivity contribution is 9.10. The Labute approximate surface area is 179 Å². The fourth-order valence-electron chi connectivity index (χ4n) is 2.25. The van der Waals surface area contributed by atoms with E-state index < -0.39 is 0 Å². The van der Waals surface area contributed by atoms with Crippen molar-refractivity contribution in [2.24, 2.45) is 5.10 Å². The number of Topliss-reactive ketones (excluding diaryl/α,β-unsaturated/α-hetero) is 1. The number of halogens is 1. The normalized spacial score (nSPS) is 11.0. The Hall–Kier alpha value is -3.05. The van der Waals surface area contributed by atoms with Gasteiger partial charge in [0.05, 0.1) is 19.1 Å². The van der Waals surface area contributed by atoms with Gasteiger partial charge in [-0.2, -0.15) is 5.10 Å². The number of ketones is 1. The molecular weight excluding hydrogens is 460 g/mol. The molecule has 0 saturated carbocycles. The number of nitrogens with zero attached hydrogens (tertiary/aromatic N) is 4. The van der Waals surface area contributed by atoms with Gasteiger partial charge in [-0.05, 0) is 35.9 Å². The lowest BCUT2D eigenvalue weighted by molar-refractivity contribution is 0.102. The molecule has 1 aromatic heterocycles. The van der Waals surface area contributed by atoms with Crippen LogP contribution in [0.25, 0.3) is 0 Å². The van der Waals surface area contributed by atoms with Gasteiger partial charge in [0.25, 0.3) is 5.95 Å². The third-order valence-electron chi connectivity index (χ3n) is 3.74. The largest absolute Gasteiger partial charge is 0.504 e. The average Bonchev–Trinajstić information content (AvgIpc) is 3.06. The first-order chi connectivity index (χ1) is 14.0. The lowest BCUT2D eigenvalue weighted by atomic mass is 10.2. The van der Waals surface area contributed by atoms with E-state index in [0.29, 0.717) is 22.0 Å². The van der Waals surface area contributed by atoms with Gasteiger partial charge in [0.2, 0.25) is 5.16 Å². The Kier molecular flexibility index (Phi) is 6.73.